The molecule has 0 aromatic carbocycles. The van der Waals surface area contributed by atoms with Crippen LogP contribution in [0.5, 0.6) is 0 Å². The van der Waals surface area contributed by atoms with Gasteiger partial charge in [-0.25, -0.2) is 9.78 Å². The van der Waals surface area contributed by atoms with Crippen LogP contribution in [-0.2, 0) is 11.2 Å². The molecular weight excluding hydrogens is 426 g/mol. The van der Waals surface area contributed by atoms with Gasteiger partial charge in [0.05, 0.1) is 5.69 Å². The van der Waals surface area contributed by atoms with Gasteiger partial charge in [-0.15, -0.1) is 0 Å². The molecule has 0 bridgehead atoms. The van der Waals surface area contributed by atoms with Crippen LogP contribution in [0.3, 0.4) is 0 Å². The van der Waals surface area contributed by atoms with Crippen LogP contribution in [0.15, 0.2) is 15.3 Å². The molecule has 5 nitrogen and oxygen atoms in total. The monoisotopic (exact) mass is 447 g/mol. The van der Waals surface area contributed by atoms with Gasteiger partial charge in [-0.2, -0.15) is 0 Å². The largest absolute Gasteiger partial charge is 0.444 e. The number of piperidine rings is 1. The number of carbonyl (C=O) groups excluding carboxylic acids is 1. The molecular formula is C16H23Br2N3O2. The van der Waals surface area contributed by atoms with Crippen molar-refractivity contribution in [1.82, 2.24) is 9.88 Å². The normalized spacial score (nSPS) is 16.5. The molecule has 0 saturated carbocycles. The predicted octanol–water partition coefficient (Wildman–Crippen LogP) is 4.38. The maximum absolute atomic E-state index is 12.1. The minimum atomic E-state index is -0.446. The molecule has 2 N–H and O–H groups in total. The second-order valence-corrected chi connectivity index (χ2v) is 8.49. The molecule has 0 aliphatic carbocycles. The van der Waals surface area contributed by atoms with Gasteiger partial charge in [-0.05, 0) is 89.4 Å². The van der Waals surface area contributed by atoms with Gasteiger partial charge in [0.2, 0.25) is 0 Å². The van der Waals surface area contributed by atoms with Gasteiger partial charge in [0.1, 0.15) is 14.8 Å². The summed E-state index contributed by atoms with van der Waals surface area (Å²) < 4.78 is 6.88. The van der Waals surface area contributed by atoms with Crippen LogP contribution in [0.1, 0.15) is 39.2 Å². The van der Waals surface area contributed by atoms with Gasteiger partial charge in [0, 0.05) is 13.1 Å². The first kappa shape index (κ1) is 18.5. The topological polar surface area (TPSA) is 68.5 Å². The molecule has 1 aliphatic rings. The minimum Gasteiger partial charge on any atom is -0.444 e. The standard InChI is InChI=1S/C16H23Br2N3O2/c1-16(2,3)23-15(22)21-6-4-10(5-7-21)8-11-9-12(17)20-14(18)13(11)19/h9-10H,4-8,19H2,1-3H3. The van der Waals surface area contributed by atoms with Crippen LogP contribution in [0.25, 0.3) is 0 Å². The fourth-order valence-electron chi connectivity index (χ4n) is 2.67. The van der Waals surface area contributed by atoms with Crippen molar-refractivity contribution in [2.45, 2.75) is 45.6 Å². The van der Waals surface area contributed by atoms with Gasteiger partial charge in [0.15, 0.2) is 0 Å². The summed E-state index contributed by atoms with van der Waals surface area (Å²) >= 11 is 6.79. The van der Waals surface area contributed by atoms with Crippen LogP contribution < -0.4 is 5.73 Å². The third kappa shape index (κ3) is 5.35. The number of ether oxygens (including phenoxy) is 1. The van der Waals surface area contributed by atoms with Crippen LogP contribution in [-0.4, -0.2) is 34.7 Å². The number of likely N-dealkylation sites (tertiary alicyclic amines) is 1. The number of nitrogens with zero attached hydrogens (tertiary/aromatic N) is 2. The number of rotatable bonds is 2. The number of hydrogen-bond donors (Lipinski definition) is 1. The summed E-state index contributed by atoms with van der Waals surface area (Å²) in [6.07, 6.45) is 2.59. The van der Waals surface area contributed by atoms with E-state index >= 15 is 0 Å². The summed E-state index contributed by atoms with van der Waals surface area (Å²) in [5, 5.41) is 0. The SMILES string of the molecule is CC(C)(C)OC(=O)N1CCC(Cc2cc(Br)nc(Br)c2N)CC1. The third-order valence-electron chi connectivity index (χ3n) is 3.84. The van der Waals surface area contributed by atoms with E-state index in [2.05, 4.69) is 36.8 Å². The summed E-state index contributed by atoms with van der Waals surface area (Å²) in [6, 6.07) is 1.97. The van der Waals surface area contributed by atoms with Gasteiger partial charge < -0.3 is 15.4 Å². The third-order valence-corrected chi connectivity index (χ3v) is 4.85. The summed E-state index contributed by atoms with van der Waals surface area (Å²) in [4.78, 5) is 18.1. The lowest BCUT2D eigenvalue weighted by atomic mass is 9.90. The van der Waals surface area contributed by atoms with Gasteiger partial charge >= 0.3 is 6.09 Å². The second kappa shape index (κ2) is 7.38. The van der Waals surface area contributed by atoms with Crippen molar-refractivity contribution in [3.8, 4) is 0 Å². The maximum Gasteiger partial charge on any atom is 0.410 e. The first-order valence-electron chi connectivity index (χ1n) is 7.74. The summed E-state index contributed by atoms with van der Waals surface area (Å²) in [5.74, 6) is 0.511. The van der Waals surface area contributed by atoms with E-state index in [0.717, 1.165) is 42.5 Å². The highest BCUT2D eigenvalue weighted by atomic mass is 79.9. The Morgan fingerprint density at radius 3 is 2.57 bits per heavy atom. The number of pyridine rings is 1. The van der Waals surface area contributed by atoms with Crippen molar-refractivity contribution in [2.24, 2.45) is 5.92 Å². The second-order valence-electron chi connectivity index (χ2n) is 6.92. The highest BCUT2D eigenvalue weighted by Gasteiger charge is 2.27. The highest BCUT2D eigenvalue weighted by molar-refractivity contribution is 9.11. The molecule has 1 aromatic rings. The fraction of sp³-hybridized carbons (Fsp3) is 0.625. The van der Waals surface area contributed by atoms with Crippen LogP contribution >= 0.6 is 31.9 Å². The molecule has 2 rings (SSSR count). The number of nitrogen functional groups attached to an aromatic ring is 1. The molecule has 1 fully saturated rings. The lowest BCUT2D eigenvalue weighted by molar-refractivity contribution is 0.0184. The van der Waals surface area contributed by atoms with Gasteiger partial charge in [-0.1, -0.05) is 0 Å². The van der Waals surface area contributed by atoms with E-state index in [4.69, 9.17) is 10.5 Å². The van der Waals surface area contributed by atoms with Crippen LogP contribution in [0, 0.1) is 5.92 Å². The number of halogens is 2. The van der Waals surface area contributed by atoms with Crippen molar-refractivity contribution >= 4 is 43.6 Å². The Morgan fingerprint density at radius 2 is 2.00 bits per heavy atom. The summed E-state index contributed by atoms with van der Waals surface area (Å²) in [5.41, 5.74) is 7.44. The number of anilines is 1. The molecule has 1 amide bonds. The molecule has 0 radical (unpaired) electrons. The highest BCUT2D eigenvalue weighted by Crippen LogP contribution is 2.30. The Morgan fingerprint density at radius 1 is 1.39 bits per heavy atom. The van der Waals surface area contributed by atoms with Crippen molar-refractivity contribution in [3.63, 3.8) is 0 Å². The van der Waals surface area contributed by atoms with Crippen molar-refractivity contribution in [3.05, 3.63) is 20.8 Å². The molecule has 7 heteroatoms. The number of carbonyl (C=O) groups is 1. The summed E-state index contributed by atoms with van der Waals surface area (Å²) in [7, 11) is 0. The Bertz CT molecular complexity index is 579. The average molecular weight is 449 g/mol. The lowest BCUT2D eigenvalue weighted by Crippen LogP contribution is -2.42. The fourth-order valence-corrected chi connectivity index (χ4v) is 3.80. The molecule has 2 heterocycles. The smallest absolute Gasteiger partial charge is 0.410 e. The van der Waals surface area contributed by atoms with Crippen molar-refractivity contribution in [2.75, 3.05) is 18.8 Å². The van der Waals surface area contributed by atoms with E-state index in [9.17, 15) is 4.79 Å². The molecule has 1 aromatic heterocycles. The van der Waals surface area contributed by atoms with E-state index in [-0.39, 0.29) is 6.09 Å². The first-order valence-corrected chi connectivity index (χ1v) is 9.32. The van der Waals surface area contributed by atoms with E-state index in [1.165, 1.54) is 0 Å². The predicted molar refractivity (Wildman–Crippen MR) is 98.3 cm³/mol. The first-order chi connectivity index (χ1) is 10.7. The van der Waals surface area contributed by atoms with Crippen molar-refractivity contribution < 1.29 is 9.53 Å². The lowest BCUT2D eigenvalue weighted by Gasteiger charge is -2.33. The number of hydrogen-bond acceptors (Lipinski definition) is 4. The number of amides is 1. The molecule has 1 saturated heterocycles. The van der Waals surface area contributed by atoms with E-state index in [1.54, 1.807) is 4.90 Å². The number of nitrogens with two attached hydrogens (primary N) is 1. The maximum atomic E-state index is 12.1. The Kier molecular flexibility index (Phi) is 5.94. The van der Waals surface area contributed by atoms with Crippen LogP contribution in [0.2, 0.25) is 0 Å². The molecule has 0 atom stereocenters. The van der Waals surface area contributed by atoms with Gasteiger partial charge in [0.25, 0.3) is 0 Å². The summed E-state index contributed by atoms with van der Waals surface area (Å²) in [6.45, 7) is 7.12. The molecule has 0 spiro atoms. The van der Waals surface area contributed by atoms with E-state index in [0.29, 0.717) is 16.2 Å². The zero-order chi connectivity index (χ0) is 17.2. The zero-order valence-electron chi connectivity index (χ0n) is 13.7. The minimum absolute atomic E-state index is 0.218. The van der Waals surface area contributed by atoms with Gasteiger partial charge in [-0.3, -0.25) is 0 Å². The molecule has 23 heavy (non-hydrogen) atoms. The average Bonchev–Trinajstić information content (AvgIpc) is 2.43. The zero-order valence-corrected chi connectivity index (χ0v) is 16.9. The Hall–Kier alpha value is -0.820. The quantitative estimate of drug-likeness (QED) is 0.681. The Labute approximate surface area is 154 Å². The van der Waals surface area contributed by atoms with Crippen LogP contribution in [0.4, 0.5) is 10.5 Å². The number of aromatic nitrogens is 1. The molecule has 1 aliphatic heterocycles. The molecule has 128 valence electrons. The van der Waals surface area contributed by atoms with Crippen molar-refractivity contribution in [1.29, 1.82) is 0 Å². The molecule has 0 unspecified atom stereocenters. The van der Waals surface area contributed by atoms with E-state index < -0.39 is 5.60 Å². The van der Waals surface area contributed by atoms with E-state index in [1.807, 2.05) is 26.8 Å². The Balaban J connectivity index is 1.92.